The van der Waals surface area contributed by atoms with Gasteiger partial charge >= 0.3 is 0 Å². The van der Waals surface area contributed by atoms with Crippen LogP contribution in [-0.2, 0) is 6.42 Å². The summed E-state index contributed by atoms with van der Waals surface area (Å²) in [6, 6.07) is 3.06. The Kier molecular flexibility index (Phi) is 4.45. The number of hydrogen-bond acceptors (Lipinski definition) is 4. The number of rotatable bonds is 3. The second-order valence-corrected chi connectivity index (χ2v) is 4.33. The van der Waals surface area contributed by atoms with Gasteiger partial charge in [0, 0.05) is 11.6 Å². The highest BCUT2D eigenvalue weighted by Crippen LogP contribution is 2.28. The van der Waals surface area contributed by atoms with Gasteiger partial charge < -0.3 is 10.2 Å². The first-order valence-electron chi connectivity index (χ1n) is 5.31. The first-order chi connectivity index (χ1) is 7.95. The quantitative estimate of drug-likeness (QED) is 0.439. The zero-order valence-electron chi connectivity index (χ0n) is 10.1. The molecule has 0 aliphatic carbocycles. The van der Waals surface area contributed by atoms with Crippen molar-refractivity contribution in [3.8, 4) is 11.5 Å². The van der Waals surface area contributed by atoms with Crippen LogP contribution < -0.4 is 5.43 Å². The molecule has 0 aliphatic heterocycles. The molecule has 1 aromatic rings. The SMILES string of the molecule is CCc1cc(/C(C)=N/NC(C)=S)c(O)cc1O. The summed E-state index contributed by atoms with van der Waals surface area (Å²) in [4.78, 5) is 0.554. The average molecular weight is 252 g/mol. The van der Waals surface area contributed by atoms with Crippen molar-refractivity contribution in [2.24, 2.45) is 5.10 Å². The minimum Gasteiger partial charge on any atom is -0.508 e. The van der Waals surface area contributed by atoms with E-state index in [1.54, 1.807) is 19.9 Å². The van der Waals surface area contributed by atoms with Crippen molar-refractivity contribution in [1.82, 2.24) is 5.43 Å². The second kappa shape index (κ2) is 5.63. The molecular weight excluding hydrogens is 236 g/mol. The topological polar surface area (TPSA) is 64.9 Å². The normalized spacial score (nSPS) is 11.4. The fourth-order valence-corrected chi connectivity index (χ4v) is 1.46. The Morgan fingerprint density at radius 2 is 1.94 bits per heavy atom. The van der Waals surface area contributed by atoms with Gasteiger partial charge in [-0.2, -0.15) is 5.10 Å². The zero-order valence-corrected chi connectivity index (χ0v) is 10.9. The number of hydrazone groups is 1. The number of nitrogens with zero attached hydrogens (tertiary/aromatic N) is 1. The molecule has 92 valence electrons. The molecule has 0 spiro atoms. The van der Waals surface area contributed by atoms with Gasteiger partial charge in [-0.25, -0.2) is 0 Å². The molecule has 0 heterocycles. The lowest BCUT2D eigenvalue weighted by molar-refractivity contribution is 0.445. The third-order valence-electron chi connectivity index (χ3n) is 2.35. The number of aromatic hydroxyl groups is 2. The van der Waals surface area contributed by atoms with Gasteiger partial charge in [-0.05, 0) is 31.9 Å². The lowest BCUT2D eigenvalue weighted by atomic mass is 10.0. The van der Waals surface area contributed by atoms with E-state index < -0.39 is 0 Å². The molecule has 0 saturated carbocycles. The van der Waals surface area contributed by atoms with Gasteiger partial charge in [-0.1, -0.05) is 19.1 Å². The molecule has 0 fully saturated rings. The maximum Gasteiger partial charge on any atom is 0.128 e. The smallest absolute Gasteiger partial charge is 0.128 e. The van der Waals surface area contributed by atoms with E-state index in [2.05, 4.69) is 10.5 Å². The molecule has 1 rings (SSSR count). The summed E-state index contributed by atoms with van der Waals surface area (Å²) in [6.07, 6.45) is 0.687. The van der Waals surface area contributed by atoms with Crippen molar-refractivity contribution in [2.75, 3.05) is 0 Å². The summed E-state index contributed by atoms with van der Waals surface area (Å²) in [7, 11) is 0. The molecule has 1 aromatic carbocycles. The van der Waals surface area contributed by atoms with E-state index in [1.807, 2.05) is 6.92 Å². The summed E-state index contributed by atoms with van der Waals surface area (Å²) in [5.74, 6) is 0.102. The lowest BCUT2D eigenvalue weighted by Crippen LogP contribution is -2.13. The van der Waals surface area contributed by atoms with E-state index in [4.69, 9.17) is 12.2 Å². The summed E-state index contributed by atoms with van der Waals surface area (Å²) in [6.45, 7) is 5.42. The minimum atomic E-state index is 0.00442. The predicted octanol–water partition coefficient (Wildman–Crippen LogP) is 2.32. The highest BCUT2D eigenvalue weighted by molar-refractivity contribution is 7.80. The number of hydrogen-bond donors (Lipinski definition) is 3. The largest absolute Gasteiger partial charge is 0.508 e. The fourth-order valence-electron chi connectivity index (χ4n) is 1.42. The molecule has 0 aromatic heterocycles. The van der Waals surface area contributed by atoms with Crippen LogP contribution in [0.3, 0.4) is 0 Å². The second-order valence-electron chi connectivity index (χ2n) is 3.72. The number of phenols is 2. The molecule has 0 aliphatic rings. The van der Waals surface area contributed by atoms with Crippen molar-refractivity contribution in [2.45, 2.75) is 27.2 Å². The maximum atomic E-state index is 9.75. The van der Waals surface area contributed by atoms with Crippen LogP contribution in [-0.4, -0.2) is 20.9 Å². The van der Waals surface area contributed by atoms with Crippen LogP contribution in [0.4, 0.5) is 0 Å². The third-order valence-corrected chi connectivity index (χ3v) is 2.44. The van der Waals surface area contributed by atoms with Gasteiger partial charge in [-0.15, -0.1) is 0 Å². The third kappa shape index (κ3) is 3.42. The van der Waals surface area contributed by atoms with Gasteiger partial charge in [0.2, 0.25) is 0 Å². The lowest BCUT2D eigenvalue weighted by Gasteiger charge is -2.09. The summed E-state index contributed by atoms with van der Waals surface area (Å²) in [5, 5.41) is 23.4. The summed E-state index contributed by atoms with van der Waals surface area (Å²) in [5.41, 5.74) is 4.64. The van der Waals surface area contributed by atoms with E-state index in [0.29, 0.717) is 22.7 Å². The standard InChI is InChI=1S/C12H16N2O2S/c1-4-9-5-10(12(16)6-11(9)15)7(2)13-14-8(3)17/h5-6,15-16H,4H2,1-3H3,(H,14,17)/b13-7+. The van der Waals surface area contributed by atoms with Crippen LogP contribution in [0.5, 0.6) is 11.5 Å². The number of aryl methyl sites for hydroxylation is 1. The average Bonchev–Trinajstić information content (AvgIpc) is 2.26. The predicted molar refractivity (Wildman–Crippen MR) is 72.8 cm³/mol. The van der Waals surface area contributed by atoms with Crippen LogP contribution >= 0.6 is 12.2 Å². The van der Waals surface area contributed by atoms with Crippen LogP contribution in [0.1, 0.15) is 31.9 Å². The van der Waals surface area contributed by atoms with E-state index in [-0.39, 0.29) is 11.5 Å². The first kappa shape index (κ1) is 13.4. The molecule has 5 heteroatoms. The molecule has 0 amide bonds. The Morgan fingerprint density at radius 3 is 2.47 bits per heavy atom. The van der Waals surface area contributed by atoms with Crippen LogP contribution in [0, 0.1) is 0 Å². The van der Waals surface area contributed by atoms with Gasteiger partial charge in [0.05, 0.1) is 10.7 Å². The van der Waals surface area contributed by atoms with Gasteiger partial charge in [0.15, 0.2) is 0 Å². The van der Waals surface area contributed by atoms with Crippen molar-refractivity contribution >= 4 is 22.9 Å². The summed E-state index contributed by atoms with van der Waals surface area (Å²) >= 11 is 4.85. The van der Waals surface area contributed by atoms with Crippen molar-refractivity contribution in [3.63, 3.8) is 0 Å². The Morgan fingerprint density at radius 1 is 1.29 bits per heavy atom. The minimum absolute atomic E-state index is 0.00442. The molecule has 0 radical (unpaired) electrons. The highest BCUT2D eigenvalue weighted by atomic mass is 32.1. The van der Waals surface area contributed by atoms with E-state index in [0.717, 1.165) is 5.56 Å². The molecule has 0 unspecified atom stereocenters. The molecule has 0 saturated heterocycles. The molecule has 3 N–H and O–H groups in total. The summed E-state index contributed by atoms with van der Waals surface area (Å²) < 4.78 is 0. The maximum absolute atomic E-state index is 9.75. The first-order valence-corrected chi connectivity index (χ1v) is 5.72. The molecule has 0 atom stereocenters. The Labute approximate surface area is 106 Å². The van der Waals surface area contributed by atoms with Gasteiger partial charge in [0.1, 0.15) is 11.5 Å². The number of benzene rings is 1. The van der Waals surface area contributed by atoms with E-state index in [1.165, 1.54) is 6.07 Å². The monoisotopic (exact) mass is 252 g/mol. The Bertz CT molecular complexity index is 470. The van der Waals surface area contributed by atoms with E-state index in [9.17, 15) is 10.2 Å². The molecular formula is C12H16N2O2S. The van der Waals surface area contributed by atoms with Crippen molar-refractivity contribution < 1.29 is 10.2 Å². The number of phenolic OH excluding ortho intramolecular Hbond substituents is 2. The Balaban J connectivity index is 3.13. The molecule has 0 bridgehead atoms. The van der Waals surface area contributed by atoms with Crippen molar-refractivity contribution in [1.29, 1.82) is 0 Å². The molecule has 4 nitrogen and oxygen atoms in total. The van der Waals surface area contributed by atoms with E-state index >= 15 is 0 Å². The number of nitrogens with one attached hydrogen (secondary N) is 1. The fraction of sp³-hybridized carbons (Fsp3) is 0.333. The highest BCUT2D eigenvalue weighted by Gasteiger charge is 2.10. The zero-order chi connectivity index (χ0) is 13.0. The molecule has 17 heavy (non-hydrogen) atoms. The van der Waals surface area contributed by atoms with Crippen LogP contribution in [0.2, 0.25) is 0 Å². The van der Waals surface area contributed by atoms with Gasteiger partial charge in [0.25, 0.3) is 0 Å². The van der Waals surface area contributed by atoms with Gasteiger partial charge in [-0.3, -0.25) is 5.43 Å². The van der Waals surface area contributed by atoms with Crippen LogP contribution in [0.25, 0.3) is 0 Å². The van der Waals surface area contributed by atoms with Crippen LogP contribution in [0.15, 0.2) is 17.2 Å². The van der Waals surface area contributed by atoms with Crippen molar-refractivity contribution in [3.05, 3.63) is 23.3 Å². The number of thiocarbonyl (C=S) groups is 1. The Hall–Kier alpha value is -1.62.